The number of Topliss-reactive ketones (excluding diaryl/α,β-unsaturated/α-hetero) is 1. The quantitative estimate of drug-likeness (QED) is 0.492. The summed E-state index contributed by atoms with van der Waals surface area (Å²) in [5, 5.41) is 19.6. The molecule has 1 heterocycles. The number of benzene rings is 2. The first kappa shape index (κ1) is 15.2. The van der Waals surface area contributed by atoms with Gasteiger partial charge in [-0.15, -0.1) is 0 Å². The number of hydrogen-bond acceptors (Lipinski definition) is 6. The van der Waals surface area contributed by atoms with E-state index in [0.717, 1.165) is 22.8 Å². The molecule has 0 aliphatic heterocycles. The van der Waals surface area contributed by atoms with E-state index in [2.05, 4.69) is 9.97 Å². The van der Waals surface area contributed by atoms with E-state index in [1.54, 1.807) is 7.11 Å². The van der Waals surface area contributed by atoms with Crippen molar-refractivity contribution in [2.24, 2.45) is 0 Å². The number of nitrogens with one attached hydrogen (secondary N) is 1. The molecule has 0 aliphatic rings. The number of ketones is 1. The van der Waals surface area contributed by atoms with Gasteiger partial charge < -0.3 is 19.9 Å². The van der Waals surface area contributed by atoms with E-state index in [9.17, 15) is 15.0 Å². The van der Waals surface area contributed by atoms with Gasteiger partial charge in [-0.3, -0.25) is 4.79 Å². The van der Waals surface area contributed by atoms with Crippen molar-refractivity contribution < 1.29 is 19.7 Å². The first-order valence-electron chi connectivity index (χ1n) is 6.78. The number of ether oxygens (including phenoxy) is 1. The summed E-state index contributed by atoms with van der Waals surface area (Å²) in [6.45, 7) is 0. The monoisotopic (exact) mass is 330 g/mol. The third kappa shape index (κ3) is 3.24. The van der Waals surface area contributed by atoms with E-state index in [0.29, 0.717) is 5.16 Å². The molecule has 2 aromatic carbocycles. The fourth-order valence-corrected chi connectivity index (χ4v) is 2.90. The molecule has 0 saturated carbocycles. The molecule has 0 unspecified atom stereocenters. The zero-order valence-corrected chi connectivity index (χ0v) is 13.1. The molecule has 3 aromatic rings. The molecule has 23 heavy (non-hydrogen) atoms. The van der Waals surface area contributed by atoms with Gasteiger partial charge in [0.15, 0.2) is 10.9 Å². The minimum Gasteiger partial charge on any atom is -0.508 e. The molecule has 0 fully saturated rings. The molecule has 6 nitrogen and oxygen atoms in total. The number of thioether (sulfide) groups is 1. The van der Waals surface area contributed by atoms with E-state index in [1.165, 1.54) is 23.9 Å². The summed E-state index contributed by atoms with van der Waals surface area (Å²) < 4.78 is 5.15. The molecule has 7 heteroatoms. The van der Waals surface area contributed by atoms with E-state index in [1.807, 2.05) is 18.2 Å². The highest BCUT2D eigenvalue weighted by atomic mass is 32.2. The van der Waals surface area contributed by atoms with E-state index in [-0.39, 0.29) is 28.6 Å². The third-order valence-corrected chi connectivity index (χ3v) is 4.16. The van der Waals surface area contributed by atoms with Crippen LogP contribution in [0.15, 0.2) is 41.6 Å². The second kappa shape index (κ2) is 6.21. The molecule has 1 aromatic heterocycles. The Balaban J connectivity index is 1.73. The largest absolute Gasteiger partial charge is 0.508 e. The summed E-state index contributed by atoms with van der Waals surface area (Å²) in [6, 6.07) is 9.40. The van der Waals surface area contributed by atoms with Gasteiger partial charge in [0.1, 0.15) is 17.2 Å². The lowest BCUT2D eigenvalue weighted by atomic mass is 10.1. The molecule has 0 radical (unpaired) electrons. The summed E-state index contributed by atoms with van der Waals surface area (Å²) in [5.41, 5.74) is 1.79. The number of rotatable bonds is 5. The van der Waals surface area contributed by atoms with Gasteiger partial charge in [-0.25, -0.2) is 4.98 Å². The number of imidazole rings is 1. The average Bonchev–Trinajstić information content (AvgIpc) is 2.94. The number of H-pyrrole nitrogens is 1. The highest BCUT2D eigenvalue weighted by Gasteiger charge is 2.13. The van der Waals surface area contributed by atoms with Gasteiger partial charge in [-0.2, -0.15) is 0 Å². The normalized spacial score (nSPS) is 10.8. The fraction of sp³-hybridized carbons (Fsp3) is 0.125. The van der Waals surface area contributed by atoms with Crippen molar-refractivity contribution in [1.29, 1.82) is 0 Å². The standard InChI is InChI=1S/C16H14N2O4S/c1-22-10-3-5-12-13(7-10)18-16(17-12)23-8-15(21)11-4-2-9(19)6-14(11)20/h2-7,19-20H,8H2,1H3,(H,17,18). The van der Waals surface area contributed by atoms with Gasteiger partial charge in [0, 0.05) is 12.1 Å². The minimum absolute atomic E-state index is 0.0852. The van der Waals surface area contributed by atoms with Crippen LogP contribution >= 0.6 is 11.8 Å². The lowest BCUT2D eigenvalue weighted by Gasteiger charge is -2.03. The van der Waals surface area contributed by atoms with Crippen LogP contribution < -0.4 is 4.74 Å². The fourth-order valence-electron chi connectivity index (χ4n) is 2.13. The Morgan fingerprint density at radius 2 is 2.09 bits per heavy atom. The van der Waals surface area contributed by atoms with Gasteiger partial charge in [-0.1, -0.05) is 11.8 Å². The number of nitrogens with zero attached hydrogens (tertiary/aromatic N) is 1. The average molecular weight is 330 g/mol. The first-order chi connectivity index (χ1) is 11.1. The zero-order chi connectivity index (χ0) is 16.4. The van der Waals surface area contributed by atoms with Crippen LogP contribution in [-0.4, -0.2) is 38.8 Å². The van der Waals surface area contributed by atoms with Crippen molar-refractivity contribution in [3.63, 3.8) is 0 Å². The minimum atomic E-state index is -0.245. The van der Waals surface area contributed by atoms with E-state index >= 15 is 0 Å². The number of carbonyl (C=O) groups is 1. The highest BCUT2D eigenvalue weighted by molar-refractivity contribution is 7.99. The number of methoxy groups -OCH3 is 1. The van der Waals surface area contributed by atoms with Crippen LogP contribution in [0.25, 0.3) is 11.0 Å². The smallest absolute Gasteiger partial charge is 0.176 e. The molecule has 0 bridgehead atoms. The van der Waals surface area contributed by atoms with Crippen LogP contribution in [0, 0.1) is 0 Å². The third-order valence-electron chi connectivity index (χ3n) is 3.29. The zero-order valence-electron chi connectivity index (χ0n) is 12.2. The van der Waals surface area contributed by atoms with Gasteiger partial charge in [0.25, 0.3) is 0 Å². The van der Waals surface area contributed by atoms with E-state index in [4.69, 9.17) is 4.74 Å². The van der Waals surface area contributed by atoms with Crippen molar-refractivity contribution in [3.05, 3.63) is 42.0 Å². The van der Waals surface area contributed by atoms with Crippen molar-refractivity contribution in [2.45, 2.75) is 5.16 Å². The van der Waals surface area contributed by atoms with Gasteiger partial charge in [0.2, 0.25) is 0 Å². The number of fused-ring (bicyclic) bond motifs is 1. The summed E-state index contributed by atoms with van der Waals surface area (Å²) in [4.78, 5) is 19.6. The first-order valence-corrected chi connectivity index (χ1v) is 7.77. The molecule has 0 aliphatic carbocycles. The summed E-state index contributed by atoms with van der Waals surface area (Å²) >= 11 is 1.24. The number of carbonyl (C=O) groups excluding carboxylic acids is 1. The molecular formula is C16H14N2O4S. The molecule has 0 saturated heterocycles. The SMILES string of the molecule is COc1ccc2nc(SCC(=O)c3ccc(O)cc3O)[nH]c2c1. The molecule has 0 amide bonds. The molecule has 118 valence electrons. The Morgan fingerprint density at radius 3 is 2.83 bits per heavy atom. The van der Waals surface area contributed by atoms with Crippen molar-refractivity contribution in [1.82, 2.24) is 9.97 Å². The lowest BCUT2D eigenvalue weighted by molar-refractivity contribution is 0.102. The number of hydrogen-bond donors (Lipinski definition) is 3. The second-order valence-electron chi connectivity index (χ2n) is 4.84. The Bertz CT molecular complexity index is 876. The molecule has 0 spiro atoms. The van der Waals surface area contributed by atoms with E-state index < -0.39 is 0 Å². The predicted octanol–water partition coefficient (Wildman–Crippen LogP) is 2.96. The van der Waals surface area contributed by atoms with Crippen LogP contribution in [0.2, 0.25) is 0 Å². The van der Waals surface area contributed by atoms with Crippen LogP contribution in [0.5, 0.6) is 17.2 Å². The van der Waals surface area contributed by atoms with Crippen LogP contribution in [0.1, 0.15) is 10.4 Å². The Kier molecular flexibility index (Phi) is 4.12. The second-order valence-corrected chi connectivity index (χ2v) is 5.80. The lowest BCUT2D eigenvalue weighted by Crippen LogP contribution is -2.02. The predicted molar refractivity (Wildman–Crippen MR) is 87.5 cm³/mol. The topological polar surface area (TPSA) is 95.4 Å². The molecule has 0 atom stereocenters. The summed E-state index contributed by atoms with van der Waals surface area (Å²) in [5.74, 6) is 0.283. The summed E-state index contributed by atoms with van der Waals surface area (Å²) in [6.07, 6.45) is 0. The van der Waals surface area contributed by atoms with Crippen molar-refractivity contribution in [3.8, 4) is 17.2 Å². The Labute approximate surface area is 136 Å². The van der Waals surface area contributed by atoms with Gasteiger partial charge in [-0.05, 0) is 24.3 Å². The maximum absolute atomic E-state index is 12.1. The number of phenols is 2. The molecular weight excluding hydrogens is 316 g/mol. The summed E-state index contributed by atoms with van der Waals surface area (Å²) in [7, 11) is 1.59. The number of aromatic amines is 1. The Hall–Kier alpha value is -2.67. The van der Waals surface area contributed by atoms with Gasteiger partial charge in [0.05, 0.1) is 29.5 Å². The van der Waals surface area contributed by atoms with Crippen LogP contribution in [0.4, 0.5) is 0 Å². The van der Waals surface area contributed by atoms with Crippen molar-refractivity contribution in [2.75, 3.05) is 12.9 Å². The number of aromatic hydroxyl groups is 2. The van der Waals surface area contributed by atoms with Gasteiger partial charge >= 0.3 is 0 Å². The number of phenolic OH excluding ortho intramolecular Hbond substituents is 2. The molecule has 3 N–H and O–H groups in total. The maximum atomic E-state index is 12.1. The van der Waals surface area contributed by atoms with Crippen LogP contribution in [-0.2, 0) is 0 Å². The van der Waals surface area contributed by atoms with Crippen LogP contribution in [0.3, 0.4) is 0 Å². The number of aromatic nitrogens is 2. The molecule has 3 rings (SSSR count). The highest BCUT2D eigenvalue weighted by Crippen LogP contribution is 2.26. The Morgan fingerprint density at radius 1 is 1.26 bits per heavy atom. The maximum Gasteiger partial charge on any atom is 0.176 e. The van der Waals surface area contributed by atoms with Crippen molar-refractivity contribution >= 4 is 28.6 Å².